The summed E-state index contributed by atoms with van der Waals surface area (Å²) >= 11 is 5.17. The third-order valence-corrected chi connectivity index (χ3v) is 2.34. The van der Waals surface area contributed by atoms with E-state index in [1.165, 1.54) is 0 Å². The molecule has 0 aliphatic carbocycles. The Kier molecular flexibility index (Phi) is 3.20. The molecule has 0 radical (unpaired) electrons. The van der Waals surface area contributed by atoms with Crippen LogP contribution < -0.4 is 0 Å². The number of carbonyl (C=O) groups excluding carboxylic acids is 1. The maximum Gasteiger partial charge on any atom is 0.459 e. The fraction of sp³-hybridized carbons (Fsp3) is 0.286. The van der Waals surface area contributed by atoms with E-state index >= 15 is 0 Å². The van der Waals surface area contributed by atoms with Crippen molar-refractivity contribution in [2.75, 3.05) is 0 Å². The van der Waals surface area contributed by atoms with E-state index in [2.05, 4.69) is 20.6 Å². The second-order valence-corrected chi connectivity index (χ2v) is 3.70. The molecule has 0 atom stereocenters. The van der Waals surface area contributed by atoms with Gasteiger partial charge >= 0.3 is 18.1 Å². The van der Waals surface area contributed by atoms with Crippen molar-refractivity contribution in [3.05, 3.63) is 23.2 Å². The molecule has 0 saturated heterocycles. The standard InChI is InChI=1S/C7H2ClF5N6O/c8-4-3(6(9,10)7(11,12)13)19(17-15-4)5(20)18-2-1-14-16-18/h1-2H. The molecule has 0 fully saturated rings. The van der Waals surface area contributed by atoms with E-state index in [9.17, 15) is 26.7 Å². The lowest BCUT2D eigenvalue weighted by molar-refractivity contribution is -0.291. The minimum absolute atomic E-state index is 0.287. The Morgan fingerprint density at radius 3 is 2.35 bits per heavy atom. The van der Waals surface area contributed by atoms with E-state index < -0.39 is 29.0 Å². The van der Waals surface area contributed by atoms with Crippen LogP contribution in [0.2, 0.25) is 5.15 Å². The summed E-state index contributed by atoms with van der Waals surface area (Å²) in [7, 11) is 0. The lowest BCUT2D eigenvalue weighted by Crippen LogP contribution is -2.38. The number of aromatic nitrogens is 6. The molecule has 0 aliphatic heterocycles. The highest BCUT2D eigenvalue weighted by atomic mass is 35.5. The normalized spacial score (nSPS) is 12.7. The number of hydrogen-bond acceptors (Lipinski definition) is 5. The van der Waals surface area contributed by atoms with E-state index in [0.717, 1.165) is 12.4 Å². The second kappa shape index (κ2) is 4.47. The van der Waals surface area contributed by atoms with Gasteiger partial charge in [0.1, 0.15) is 0 Å². The number of rotatable bonds is 1. The molecule has 2 heterocycles. The van der Waals surface area contributed by atoms with Crippen LogP contribution in [0.5, 0.6) is 0 Å². The van der Waals surface area contributed by atoms with Gasteiger partial charge in [-0.05, 0) is 0 Å². The Morgan fingerprint density at radius 1 is 1.20 bits per heavy atom. The van der Waals surface area contributed by atoms with E-state index in [-0.39, 0.29) is 4.68 Å². The van der Waals surface area contributed by atoms with Gasteiger partial charge < -0.3 is 0 Å². The van der Waals surface area contributed by atoms with Gasteiger partial charge in [0, 0.05) is 0 Å². The molecule has 0 spiro atoms. The van der Waals surface area contributed by atoms with Crippen molar-refractivity contribution >= 4 is 17.6 Å². The van der Waals surface area contributed by atoms with Crippen LogP contribution in [0.3, 0.4) is 0 Å². The first-order valence-electron chi connectivity index (χ1n) is 4.63. The number of hydrogen-bond donors (Lipinski definition) is 0. The van der Waals surface area contributed by atoms with E-state index in [1.54, 1.807) is 0 Å². The summed E-state index contributed by atoms with van der Waals surface area (Å²) in [5.41, 5.74) is -1.90. The van der Waals surface area contributed by atoms with Crippen molar-refractivity contribution in [1.82, 2.24) is 30.0 Å². The number of carbonyl (C=O) groups is 1. The van der Waals surface area contributed by atoms with Crippen molar-refractivity contribution in [2.24, 2.45) is 0 Å². The minimum atomic E-state index is -5.97. The number of halogens is 6. The highest BCUT2D eigenvalue weighted by molar-refractivity contribution is 6.30. The van der Waals surface area contributed by atoms with E-state index in [0.29, 0.717) is 4.68 Å². The molecule has 0 N–H and O–H groups in total. The summed E-state index contributed by atoms with van der Waals surface area (Å²) < 4.78 is 63.7. The molecule has 0 aliphatic rings. The average Bonchev–Trinajstić information content (AvgIpc) is 2.95. The third kappa shape index (κ3) is 2.11. The van der Waals surface area contributed by atoms with Crippen molar-refractivity contribution in [1.29, 1.82) is 0 Å². The topological polar surface area (TPSA) is 78.5 Å². The van der Waals surface area contributed by atoms with Crippen LogP contribution in [-0.2, 0) is 5.92 Å². The van der Waals surface area contributed by atoms with Crippen LogP contribution >= 0.6 is 11.6 Å². The van der Waals surface area contributed by atoms with Gasteiger partial charge in [0.2, 0.25) is 0 Å². The van der Waals surface area contributed by atoms with Gasteiger partial charge in [-0.25, -0.2) is 4.79 Å². The predicted molar refractivity (Wildman–Crippen MR) is 51.2 cm³/mol. The zero-order valence-corrected chi connectivity index (χ0v) is 9.77. The Hall–Kier alpha value is -2.11. The van der Waals surface area contributed by atoms with Crippen LogP contribution in [-0.4, -0.2) is 42.2 Å². The quantitative estimate of drug-likeness (QED) is 0.748. The van der Waals surface area contributed by atoms with Crippen LogP contribution in [0.25, 0.3) is 0 Å². The molecule has 0 amide bonds. The van der Waals surface area contributed by atoms with E-state index in [1.807, 2.05) is 0 Å². The molecular formula is C7H2ClF5N6O. The zero-order chi connectivity index (χ0) is 15.1. The fourth-order valence-electron chi connectivity index (χ4n) is 1.20. The number of alkyl halides is 5. The largest absolute Gasteiger partial charge is 0.459 e. The van der Waals surface area contributed by atoms with E-state index in [4.69, 9.17) is 11.6 Å². The second-order valence-electron chi connectivity index (χ2n) is 3.34. The number of nitrogens with zero attached hydrogens (tertiary/aromatic N) is 6. The van der Waals surface area contributed by atoms with Gasteiger partial charge in [-0.1, -0.05) is 22.0 Å². The smallest absolute Gasteiger partial charge is 0.243 e. The van der Waals surface area contributed by atoms with Gasteiger partial charge in [0.05, 0.1) is 12.4 Å². The Morgan fingerprint density at radius 2 is 1.85 bits per heavy atom. The first-order chi connectivity index (χ1) is 9.16. The molecule has 13 heteroatoms. The summed E-state index contributed by atoms with van der Waals surface area (Å²) in [6.45, 7) is 0. The Labute approximate surface area is 110 Å². The van der Waals surface area contributed by atoms with Crippen molar-refractivity contribution in [3.8, 4) is 0 Å². The minimum Gasteiger partial charge on any atom is -0.243 e. The summed E-state index contributed by atoms with van der Waals surface area (Å²) in [6, 6.07) is -1.44. The van der Waals surface area contributed by atoms with Crippen LogP contribution in [0.4, 0.5) is 26.7 Å². The molecule has 2 rings (SSSR count). The SMILES string of the molecule is O=C(n1ccnn1)n1nnc(Cl)c1C(F)(F)C(F)(F)F. The maximum absolute atomic E-state index is 13.3. The summed E-state index contributed by atoms with van der Waals surface area (Å²) in [5.74, 6) is -5.41. The van der Waals surface area contributed by atoms with Crippen LogP contribution in [0.15, 0.2) is 12.4 Å². The zero-order valence-electron chi connectivity index (χ0n) is 9.01. The molecule has 20 heavy (non-hydrogen) atoms. The molecule has 2 aromatic heterocycles. The lowest BCUT2D eigenvalue weighted by Gasteiger charge is -2.19. The van der Waals surface area contributed by atoms with Gasteiger partial charge in [-0.3, -0.25) is 0 Å². The first kappa shape index (κ1) is 14.3. The molecule has 0 unspecified atom stereocenters. The third-order valence-electron chi connectivity index (χ3n) is 2.08. The van der Waals surface area contributed by atoms with Crippen molar-refractivity contribution in [2.45, 2.75) is 12.1 Å². The molecule has 7 nitrogen and oxygen atoms in total. The van der Waals surface area contributed by atoms with Gasteiger partial charge in [0.25, 0.3) is 0 Å². The molecule has 108 valence electrons. The molecule has 0 saturated carbocycles. The predicted octanol–water partition coefficient (Wildman–Crippen LogP) is 1.69. The highest BCUT2D eigenvalue weighted by Gasteiger charge is 2.62. The first-order valence-corrected chi connectivity index (χ1v) is 5.01. The van der Waals surface area contributed by atoms with Gasteiger partial charge in [-0.2, -0.15) is 31.3 Å². The van der Waals surface area contributed by atoms with Crippen LogP contribution in [0, 0.1) is 0 Å². The molecule has 0 bridgehead atoms. The van der Waals surface area contributed by atoms with Crippen molar-refractivity contribution < 1.29 is 26.7 Å². The molecular weight excluding hydrogens is 315 g/mol. The molecule has 2 aromatic rings. The Bertz CT molecular complexity index is 635. The lowest BCUT2D eigenvalue weighted by atomic mass is 10.2. The Balaban J connectivity index is 2.57. The average molecular weight is 317 g/mol. The summed E-state index contributed by atoms with van der Waals surface area (Å²) in [5, 5.41) is 10.8. The summed E-state index contributed by atoms with van der Waals surface area (Å²) in [6.07, 6.45) is -4.04. The fourth-order valence-corrected chi connectivity index (χ4v) is 1.43. The van der Waals surface area contributed by atoms with Gasteiger partial charge in [0.15, 0.2) is 10.8 Å². The van der Waals surface area contributed by atoms with Crippen LogP contribution in [0.1, 0.15) is 5.69 Å². The highest BCUT2D eigenvalue weighted by Crippen LogP contribution is 2.45. The monoisotopic (exact) mass is 316 g/mol. The molecule has 0 aromatic carbocycles. The van der Waals surface area contributed by atoms with Crippen molar-refractivity contribution in [3.63, 3.8) is 0 Å². The van der Waals surface area contributed by atoms with Gasteiger partial charge in [-0.15, -0.1) is 10.2 Å². The summed E-state index contributed by atoms with van der Waals surface area (Å²) in [4.78, 5) is 11.7. The maximum atomic E-state index is 13.3.